The summed E-state index contributed by atoms with van der Waals surface area (Å²) in [7, 11) is 3.46. The summed E-state index contributed by atoms with van der Waals surface area (Å²) in [5, 5.41) is 0. The van der Waals surface area contributed by atoms with Gasteiger partial charge in [0, 0.05) is 32.1 Å². The Balaban J connectivity index is 2.30. The first kappa shape index (κ1) is 13.1. The van der Waals surface area contributed by atoms with Gasteiger partial charge in [0.1, 0.15) is 11.5 Å². The van der Waals surface area contributed by atoms with E-state index < -0.39 is 0 Å². The minimum atomic E-state index is -0.0421. The van der Waals surface area contributed by atoms with E-state index in [1.165, 1.54) is 0 Å². The standard InChI is InChI=1S/C15H16N2O2/c1-11-4-5-12(15(18)17(2)3)10-14(11)19-13-6-8-16-9-7-13/h4-10H,1-3H3. The number of hydrogen-bond donors (Lipinski definition) is 0. The van der Waals surface area contributed by atoms with E-state index in [1.54, 1.807) is 55.7 Å². The summed E-state index contributed by atoms with van der Waals surface area (Å²) in [5.74, 6) is 1.34. The number of benzene rings is 1. The third-order valence-electron chi connectivity index (χ3n) is 2.72. The summed E-state index contributed by atoms with van der Waals surface area (Å²) in [6.07, 6.45) is 3.33. The first-order valence-corrected chi connectivity index (χ1v) is 5.98. The van der Waals surface area contributed by atoms with Crippen molar-refractivity contribution in [1.29, 1.82) is 0 Å². The molecule has 0 N–H and O–H groups in total. The summed E-state index contributed by atoms with van der Waals surface area (Å²) in [5.41, 5.74) is 1.59. The molecule has 0 aliphatic rings. The van der Waals surface area contributed by atoms with Crippen molar-refractivity contribution in [3.8, 4) is 11.5 Å². The van der Waals surface area contributed by atoms with Gasteiger partial charge in [-0.3, -0.25) is 9.78 Å². The number of hydrogen-bond acceptors (Lipinski definition) is 3. The Morgan fingerprint density at radius 1 is 1.16 bits per heavy atom. The highest BCUT2D eigenvalue weighted by Crippen LogP contribution is 2.25. The third-order valence-corrected chi connectivity index (χ3v) is 2.72. The number of amides is 1. The van der Waals surface area contributed by atoms with Gasteiger partial charge in [0.2, 0.25) is 0 Å². The molecule has 0 bridgehead atoms. The third kappa shape index (κ3) is 3.10. The van der Waals surface area contributed by atoms with Crippen molar-refractivity contribution in [3.63, 3.8) is 0 Å². The number of carbonyl (C=O) groups excluding carboxylic acids is 1. The van der Waals surface area contributed by atoms with Crippen molar-refractivity contribution >= 4 is 5.91 Å². The largest absolute Gasteiger partial charge is 0.457 e. The topological polar surface area (TPSA) is 42.4 Å². The van der Waals surface area contributed by atoms with Gasteiger partial charge in [-0.15, -0.1) is 0 Å². The van der Waals surface area contributed by atoms with Crippen molar-refractivity contribution < 1.29 is 9.53 Å². The second-order valence-electron chi connectivity index (χ2n) is 4.46. The zero-order valence-corrected chi connectivity index (χ0v) is 11.3. The van der Waals surface area contributed by atoms with Gasteiger partial charge < -0.3 is 9.64 Å². The van der Waals surface area contributed by atoms with Crippen molar-refractivity contribution in [1.82, 2.24) is 9.88 Å². The summed E-state index contributed by atoms with van der Waals surface area (Å²) in [6.45, 7) is 1.94. The van der Waals surface area contributed by atoms with E-state index >= 15 is 0 Å². The number of rotatable bonds is 3. The number of nitrogens with zero attached hydrogens (tertiary/aromatic N) is 2. The molecule has 4 nitrogen and oxygen atoms in total. The quantitative estimate of drug-likeness (QED) is 0.848. The lowest BCUT2D eigenvalue weighted by molar-refractivity contribution is 0.0827. The highest BCUT2D eigenvalue weighted by atomic mass is 16.5. The first-order valence-electron chi connectivity index (χ1n) is 5.98. The normalized spacial score (nSPS) is 10.1. The lowest BCUT2D eigenvalue weighted by Crippen LogP contribution is -2.21. The monoisotopic (exact) mass is 256 g/mol. The molecule has 1 heterocycles. The minimum absolute atomic E-state index is 0.0421. The van der Waals surface area contributed by atoms with E-state index in [2.05, 4.69) is 4.98 Å². The van der Waals surface area contributed by atoms with Gasteiger partial charge in [0.05, 0.1) is 0 Å². The molecule has 0 saturated carbocycles. The molecule has 4 heteroatoms. The summed E-state index contributed by atoms with van der Waals surface area (Å²) in [4.78, 5) is 17.4. The van der Waals surface area contributed by atoms with E-state index in [-0.39, 0.29) is 5.91 Å². The molecule has 0 radical (unpaired) electrons. The van der Waals surface area contributed by atoms with Crippen LogP contribution in [0.15, 0.2) is 42.7 Å². The molecule has 2 rings (SSSR count). The number of aromatic nitrogens is 1. The zero-order valence-electron chi connectivity index (χ0n) is 11.3. The predicted octanol–water partition coefficient (Wildman–Crippen LogP) is 2.88. The SMILES string of the molecule is Cc1ccc(C(=O)N(C)C)cc1Oc1ccncc1. The Kier molecular flexibility index (Phi) is 3.80. The van der Waals surface area contributed by atoms with Crippen LogP contribution in [0, 0.1) is 6.92 Å². The Morgan fingerprint density at radius 2 is 1.84 bits per heavy atom. The summed E-state index contributed by atoms with van der Waals surface area (Å²) in [6, 6.07) is 9.00. The van der Waals surface area contributed by atoms with Crippen LogP contribution < -0.4 is 4.74 Å². The molecule has 0 fully saturated rings. The van der Waals surface area contributed by atoms with Crippen molar-refractivity contribution in [3.05, 3.63) is 53.9 Å². The Labute approximate surface area is 112 Å². The van der Waals surface area contributed by atoms with E-state index in [9.17, 15) is 4.79 Å². The fourth-order valence-corrected chi connectivity index (χ4v) is 1.63. The molecule has 0 saturated heterocycles. The molecule has 1 aromatic heterocycles. The van der Waals surface area contributed by atoms with E-state index in [1.807, 2.05) is 13.0 Å². The molecule has 2 aromatic rings. The summed E-state index contributed by atoms with van der Waals surface area (Å²) >= 11 is 0. The van der Waals surface area contributed by atoms with Gasteiger partial charge in [0.15, 0.2) is 0 Å². The molecular formula is C15H16N2O2. The number of aryl methyl sites for hydroxylation is 1. The molecule has 0 unspecified atom stereocenters. The average Bonchev–Trinajstić information content (AvgIpc) is 2.41. The molecule has 0 spiro atoms. The maximum Gasteiger partial charge on any atom is 0.253 e. The van der Waals surface area contributed by atoms with E-state index in [0.717, 1.165) is 5.56 Å². The Morgan fingerprint density at radius 3 is 2.47 bits per heavy atom. The van der Waals surface area contributed by atoms with E-state index in [0.29, 0.717) is 17.1 Å². The molecule has 0 atom stereocenters. The van der Waals surface area contributed by atoms with Crippen molar-refractivity contribution in [2.45, 2.75) is 6.92 Å². The maximum atomic E-state index is 11.9. The van der Waals surface area contributed by atoms with Crippen LogP contribution in [-0.4, -0.2) is 29.9 Å². The number of ether oxygens (including phenoxy) is 1. The first-order chi connectivity index (χ1) is 9.08. The van der Waals surface area contributed by atoms with Gasteiger partial charge in [0.25, 0.3) is 5.91 Å². The van der Waals surface area contributed by atoms with Crippen LogP contribution in [0.3, 0.4) is 0 Å². The van der Waals surface area contributed by atoms with Gasteiger partial charge in [-0.2, -0.15) is 0 Å². The number of pyridine rings is 1. The minimum Gasteiger partial charge on any atom is -0.457 e. The molecule has 1 aromatic carbocycles. The van der Waals surface area contributed by atoms with Crippen LogP contribution in [-0.2, 0) is 0 Å². The highest BCUT2D eigenvalue weighted by molar-refractivity contribution is 5.94. The lowest BCUT2D eigenvalue weighted by Gasteiger charge is -2.13. The lowest BCUT2D eigenvalue weighted by atomic mass is 10.1. The van der Waals surface area contributed by atoms with Crippen LogP contribution in [0.4, 0.5) is 0 Å². The smallest absolute Gasteiger partial charge is 0.253 e. The second kappa shape index (κ2) is 5.52. The van der Waals surface area contributed by atoms with Gasteiger partial charge in [-0.05, 0) is 36.8 Å². The van der Waals surface area contributed by atoms with Gasteiger partial charge in [-0.25, -0.2) is 0 Å². The molecule has 1 amide bonds. The van der Waals surface area contributed by atoms with Crippen LogP contribution >= 0.6 is 0 Å². The highest BCUT2D eigenvalue weighted by Gasteiger charge is 2.11. The van der Waals surface area contributed by atoms with Crippen molar-refractivity contribution in [2.24, 2.45) is 0 Å². The maximum absolute atomic E-state index is 11.9. The zero-order chi connectivity index (χ0) is 13.8. The predicted molar refractivity (Wildman–Crippen MR) is 73.5 cm³/mol. The summed E-state index contributed by atoms with van der Waals surface area (Å²) < 4.78 is 5.77. The molecule has 0 aliphatic carbocycles. The Bertz CT molecular complexity index is 580. The Hall–Kier alpha value is -2.36. The van der Waals surface area contributed by atoms with Crippen LogP contribution in [0.1, 0.15) is 15.9 Å². The molecular weight excluding hydrogens is 240 g/mol. The van der Waals surface area contributed by atoms with Crippen molar-refractivity contribution in [2.75, 3.05) is 14.1 Å². The molecule has 0 aliphatic heterocycles. The number of carbonyl (C=O) groups is 1. The molecule has 98 valence electrons. The van der Waals surface area contributed by atoms with E-state index in [4.69, 9.17) is 4.74 Å². The fourth-order valence-electron chi connectivity index (χ4n) is 1.63. The van der Waals surface area contributed by atoms with Gasteiger partial charge >= 0.3 is 0 Å². The average molecular weight is 256 g/mol. The van der Waals surface area contributed by atoms with Crippen LogP contribution in [0.5, 0.6) is 11.5 Å². The van der Waals surface area contributed by atoms with Crippen LogP contribution in [0.2, 0.25) is 0 Å². The van der Waals surface area contributed by atoms with Crippen LogP contribution in [0.25, 0.3) is 0 Å². The van der Waals surface area contributed by atoms with Gasteiger partial charge in [-0.1, -0.05) is 6.07 Å². The fraction of sp³-hybridized carbons (Fsp3) is 0.200. The second-order valence-corrected chi connectivity index (χ2v) is 4.46. The molecule has 19 heavy (non-hydrogen) atoms.